The molecule has 8 nitrogen and oxygen atoms in total. The van der Waals surface area contributed by atoms with Crippen LogP contribution >= 0.6 is 0 Å². The molecule has 4 aromatic rings. The van der Waals surface area contributed by atoms with Gasteiger partial charge in [0.1, 0.15) is 23.1 Å². The molecule has 2 N–H and O–H groups in total. The largest absolute Gasteiger partial charge is 0.493 e. The Labute approximate surface area is 357 Å². The predicted octanol–water partition coefficient (Wildman–Crippen LogP) is 13.5. The summed E-state index contributed by atoms with van der Waals surface area (Å²) in [5.41, 5.74) is 4.32. The number of nitrogens with zero attached hydrogens (tertiary/aromatic N) is 2. The van der Waals surface area contributed by atoms with Crippen molar-refractivity contribution >= 4 is 17.5 Å². The van der Waals surface area contributed by atoms with Gasteiger partial charge in [0.2, 0.25) is 0 Å². The molecule has 1 atom stereocenters. The van der Waals surface area contributed by atoms with Crippen molar-refractivity contribution in [3.05, 3.63) is 101 Å². The third-order valence-corrected chi connectivity index (χ3v) is 11.2. The number of ether oxygens (including phenoxy) is 2. The third kappa shape index (κ3) is 11.2. The maximum absolute atomic E-state index is 14.3. The zero-order valence-electron chi connectivity index (χ0n) is 37.3. The van der Waals surface area contributed by atoms with Crippen LogP contribution < -0.4 is 9.47 Å². The first-order chi connectivity index (χ1) is 27.8. The van der Waals surface area contributed by atoms with Crippen molar-refractivity contribution in [3.8, 4) is 34.0 Å². The Hall–Kier alpha value is -5.12. The third-order valence-electron chi connectivity index (χ3n) is 11.2. The summed E-state index contributed by atoms with van der Waals surface area (Å²) in [5.74, 6) is -1.28. The highest BCUT2D eigenvalue weighted by atomic mass is 19.1. The summed E-state index contributed by atoms with van der Waals surface area (Å²) in [7, 11) is 0. The Morgan fingerprint density at radius 3 is 1.62 bits per heavy atom. The second-order valence-corrected chi connectivity index (χ2v) is 20.3. The molecule has 326 valence electrons. The standard InChI is InChI=1S/C25H32FNO3.C25H30FNO3.2H2/c2*1-15(2)13-30-18-10-16(9-17(26)11-18)21-8-7-19(23(28)29)22(27-21)20-12-24(3,4)14-25(20,5)6;;/h7-11,15,20H,12-14H2,1-6H3,(H,28,29);7-12,15H,13-14H2,1-6H3,(H,28,29);2*1H. The van der Waals surface area contributed by atoms with Gasteiger partial charge in [0.15, 0.2) is 0 Å². The highest BCUT2D eigenvalue weighted by Crippen LogP contribution is 2.57. The molecule has 0 bridgehead atoms. The van der Waals surface area contributed by atoms with E-state index in [1.165, 1.54) is 24.3 Å². The Kier molecular flexibility index (Phi) is 13.4. The van der Waals surface area contributed by atoms with E-state index in [-0.39, 0.29) is 41.6 Å². The molecule has 2 aromatic carbocycles. The van der Waals surface area contributed by atoms with E-state index in [4.69, 9.17) is 19.4 Å². The van der Waals surface area contributed by atoms with Crippen LogP contribution in [0.2, 0.25) is 0 Å². The molecule has 10 heteroatoms. The molecule has 0 aliphatic heterocycles. The average Bonchev–Trinajstić information content (AvgIpc) is 3.51. The molecule has 1 unspecified atom stereocenters. The topological polar surface area (TPSA) is 119 Å². The molecule has 1 fully saturated rings. The fourth-order valence-corrected chi connectivity index (χ4v) is 9.18. The van der Waals surface area contributed by atoms with Crippen molar-refractivity contribution < 1.29 is 40.9 Å². The first-order valence-electron chi connectivity index (χ1n) is 20.9. The van der Waals surface area contributed by atoms with Crippen molar-refractivity contribution in [2.75, 3.05) is 13.2 Å². The quantitative estimate of drug-likeness (QED) is 0.145. The molecule has 2 aromatic heterocycles. The number of pyridine rings is 2. The summed E-state index contributed by atoms with van der Waals surface area (Å²) in [5, 5.41) is 19.5. The summed E-state index contributed by atoms with van der Waals surface area (Å²) in [4.78, 5) is 33.3. The van der Waals surface area contributed by atoms with Gasteiger partial charge in [-0.2, -0.15) is 0 Å². The molecule has 0 amide bonds. The van der Waals surface area contributed by atoms with Crippen LogP contribution in [-0.4, -0.2) is 45.3 Å². The number of carbonyl (C=O) groups is 2. The molecular formula is C50H66F2N2O6. The number of aromatic nitrogens is 2. The van der Waals surface area contributed by atoms with E-state index in [0.29, 0.717) is 70.5 Å². The lowest BCUT2D eigenvalue weighted by Crippen LogP contribution is -2.20. The normalized spacial score (nSPS) is 18.5. The van der Waals surface area contributed by atoms with E-state index >= 15 is 0 Å². The monoisotopic (exact) mass is 828 g/mol. The molecule has 0 spiro atoms. The minimum Gasteiger partial charge on any atom is -0.493 e. The van der Waals surface area contributed by atoms with Gasteiger partial charge < -0.3 is 19.7 Å². The van der Waals surface area contributed by atoms with Crippen molar-refractivity contribution in [1.82, 2.24) is 9.97 Å². The van der Waals surface area contributed by atoms with Gasteiger partial charge in [-0.1, -0.05) is 89.2 Å². The number of rotatable bonds is 12. The van der Waals surface area contributed by atoms with Crippen molar-refractivity contribution in [1.29, 1.82) is 0 Å². The van der Waals surface area contributed by atoms with Gasteiger partial charge in [-0.3, -0.25) is 4.98 Å². The van der Waals surface area contributed by atoms with E-state index in [0.717, 1.165) is 24.8 Å². The van der Waals surface area contributed by atoms with Crippen LogP contribution in [0.5, 0.6) is 11.5 Å². The maximum atomic E-state index is 14.3. The van der Waals surface area contributed by atoms with Gasteiger partial charge in [-0.25, -0.2) is 23.4 Å². The van der Waals surface area contributed by atoms with Crippen LogP contribution in [0.4, 0.5) is 8.78 Å². The lowest BCUT2D eigenvalue weighted by atomic mass is 9.78. The minimum atomic E-state index is -1.02. The Bertz CT molecular complexity index is 2290. The Morgan fingerprint density at radius 1 is 0.717 bits per heavy atom. The molecule has 2 aliphatic carbocycles. The van der Waals surface area contributed by atoms with Crippen LogP contribution in [0.1, 0.15) is 143 Å². The summed E-state index contributed by atoms with van der Waals surface area (Å²) >= 11 is 0. The molecular weight excluding hydrogens is 763 g/mol. The highest BCUT2D eigenvalue weighted by molar-refractivity contribution is 5.95. The fourth-order valence-electron chi connectivity index (χ4n) is 9.18. The van der Waals surface area contributed by atoms with Gasteiger partial charge in [0.25, 0.3) is 0 Å². The molecule has 1 saturated carbocycles. The average molecular weight is 829 g/mol. The second-order valence-electron chi connectivity index (χ2n) is 20.3. The van der Waals surface area contributed by atoms with Gasteiger partial charge in [0, 0.05) is 32.0 Å². The van der Waals surface area contributed by atoms with E-state index in [2.05, 4.69) is 61.5 Å². The maximum Gasteiger partial charge on any atom is 0.337 e. The van der Waals surface area contributed by atoms with E-state index < -0.39 is 23.6 Å². The zero-order valence-corrected chi connectivity index (χ0v) is 37.3. The van der Waals surface area contributed by atoms with Crippen molar-refractivity contribution in [2.24, 2.45) is 33.5 Å². The number of halogens is 2. The van der Waals surface area contributed by atoms with E-state index in [1.54, 1.807) is 36.4 Å². The van der Waals surface area contributed by atoms with Crippen LogP contribution in [0.3, 0.4) is 0 Å². The van der Waals surface area contributed by atoms with E-state index in [9.17, 15) is 28.6 Å². The number of carboxylic acids is 2. The highest BCUT2D eigenvalue weighted by Gasteiger charge is 2.47. The number of hydrogen-bond donors (Lipinski definition) is 2. The van der Waals surface area contributed by atoms with Gasteiger partial charge in [-0.05, 0) is 107 Å². The molecule has 6 rings (SSSR count). The summed E-state index contributed by atoms with van der Waals surface area (Å²) in [6.07, 6.45) is 4.87. The molecule has 0 radical (unpaired) electrons. The van der Waals surface area contributed by atoms with Gasteiger partial charge in [-0.15, -0.1) is 0 Å². The van der Waals surface area contributed by atoms with Crippen LogP contribution in [0, 0.1) is 45.1 Å². The molecule has 2 aliphatic rings. The number of benzene rings is 2. The van der Waals surface area contributed by atoms with Gasteiger partial charge in [0.05, 0.1) is 47.1 Å². The van der Waals surface area contributed by atoms with Crippen molar-refractivity contribution in [2.45, 2.75) is 108 Å². The van der Waals surface area contributed by atoms with Crippen LogP contribution in [0.15, 0.2) is 66.7 Å². The smallest absolute Gasteiger partial charge is 0.337 e. The van der Waals surface area contributed by atoms with E-state index in [1.807, 2.05) is 27.7 Å². The summed E-state index contributed by atoms with van der Waals surface area (Å²) in [6, 6.07) is 15.5. The number of hydrogen-bond acceptors (Lipinski definition) is 6. The molecule has 0 saturated heterocycles. The number of allylic oxidation sites excluding steroid dienone is 2. The Morgan fingerprint density at radius 2 is 1.20 bits per heavy atom. The molecule has 2 heterocycles. The second kappa shape index (κ2) is 17.5. The lowest BCUT2D eigenvalue weighted by molar-refractivity contribution is 0.0683. The molecule has 60 heavy (non-hydrogen) atoms. The summed E-state index contributed by atoms with van der Waals surface area (Å²) < 4.78 is 39.9. The van der Waals surface area contributed by atoms with Crippen molar-refractivity contribution in [3.63, 3.8) is 0 Å². The van der Waals surface area contributed by atoms with Gasteiger partial charge >= 0.3 is 11.9 Å². The zero-order chi connectivity index (χ0) is 44.5. The minimum absolute atomic E-state index is 0. The lowest BCUT2D eigenvalue weighted by Gasteiger charge is -2.28. The first kappa shape index (κ1) is 46.0. The summed E-state index contributed by atoms with van der Waals surface area (Å²) in [6.45, 7) is 26.3. The Balaban J connectivity index is 0.000000320. The fraction of sp³-hybridized carbons (Fsp3) is 0.480. The predicted molar refractivity (Wildman–Crippen MR) is 238 cm³/mol. The van der Waals surface area contributed by atoms with Crippen LogP contribution in [0.25, 0.3) is 28.1 Å². The van der Waals surface area contributed by atoms with Crippen LogP contribution in [-0.2, 0) is 0 Å². The first-order valence-corrected chi connectivity index (χ1v) is 20.9. The number of carboxylic acid groups (broad SMARTS) is 2. The number of aromatic carboxylic acids is 2. The SMILES string of the molecule is CC(C)COc1cc(F)cc(-c2ccc(C(=O)O)c(C3=CC(C)(C)CC3(C)C)n2)c1.CC(C)COc1cc(F)cc(-c2ccc(C(=O)O)c(C3CC(C)(C)CC3(C)C)n2)c1.[HH].[HH].